The first-order valence-corrected chi connectivity index (χ1v) is 8.41. The van der Waals surface area contributed by atoms with Crippen molar-refractivity contribution in [1.29, 1.82) is 0 Å². The van der Waals surface area contributed by atoms with Crippen LogP contribution in [0.15, 0.2) is 24.3 Å². The third-order valence-corrected chi connectivity index (χ3v) is 4.48. The lowest BCUT2D eigenvalue weighted by molar-refractivity contribution is -0.118. The number of amides is 2. The molecule has 1 saturated heterocycles. The second-order valence-electron chi connectivity index (χ2n) is 6.60. The number of carbonyl (C=O) groups is 2. The number of hydrogen-bond acceptors (Lipinski definition) is 4. The molecule has 2 rings (SSSR count). The van der Waals surface area contributed by atoms with Crippen LogP contribution in [-0.4, -0.2) is 49.1 Å². The lowest BCUT2D eigenvalue weighted by Gasteiger charge is -2.31. The highest BCUT2D eigenvalue weighted by Gasteiger charge is 2.23. The first-order valence-electron chi connectivity index (χ1n) is 8.41. The molecule has 6 heteroatoms. The highest BCUT2D eigenvalue weighted by molar-refractivity contribution is 5.97. The highest BCUT2D eigenvalue weighted by Crippen LogP contribution is 2.17. The maximum atomic E-state index is 12.6. The molecule has 1 atom stereocenters. The number of nitrogens with two attached hydrogens (primary N) is 1. The maximum Gasteiger partial charge on any atom is 0.253 e. The largest absolute Gasteiger partial charge is 0.381 e. The van der Waals surface area contributed by atoms with E-state index in [0.717, 1.165) is 12.8 Å². The zero-order valence-corrected chi connectivity index (χ0v) is 14.6. The Hall–Kier alpha value is -1.92. The van der Waals surface area contributed by atoms with Crippen LogP contribution in [0.5, 0.6) is 0 Å². The summed E-state index contributed by atoms with van der Waals surface area (Å²) in [7, 11) is 1.83. The average molecular weight is 333 g/mol. The molecule has 1 aliphatic heterocycles. The van der Waals surface area contributed by atoms with Gasteiger partial charge in [-0.05, 0) is 43.0 Å². The molecule has 1 fully saturated rings. The molecule has 0 saturated carbocycles. The molecule has 0 radical (unpaired) electrons. The zero-order valence-electron chi connectivity index (χ0n) is 14.6. The van der Waals surface area contributed by atoms with Gasteiger partial charge in [-0.3, -0.25) is 9.59 Å². The van der Waals surface area contributed by atoms with Gasteiger partial charge in [0.05, 0.1) is 6.04 Å². The smallest absolute Gasteiger partial charge is 0.253 e. The number of carbonyl (C=O) groups excluding carboxylic acids is 2. The SMILES string of the molecule is CC(C)[C@@H](N)C(=O)Nc1ccc(C(=O)N(C)C2CCOCC2)cc1. The summed E-state index contributed by atoms with van der Waals surface area (Å²) in [6.45, 7) is 5.20. The predicted octanol–water partition coefficient (Wildman–Crippen LogP) is 1.86. The minimum atomic E-state index is -0.550. The molecular formula is C18H27N3O3. The van der Waals surface area contributed by atoms with Gasteiger partial charge in [0, 0.05) is 37.6 Å². The molecular weight excluding hydrogens is 306 g/mol. The van der Waals surface area contributed by atoms with Gasteiger partial charge in [-0.25, -0.2) is 0 Å². The number of nitrogens with zero attached hydrogens (tertiary/aromatic N) is 1. The Kier molecular flexibility index (Phi) is 6.34. The summed E-state index contributed by atoms with van der Waals surface area (Å²) in [5.41, 5.74) is 7.07. The Bertz CT molecular complexity index is 565. The summed E-state index contributed by atoms with van der Waals surface area (Å²) >= 11 is 0. The maximum absolute atomic E-state index is 12.6. The quantitative estimate of drug-likeness (QED) is 0.861. The zero-order chi connectivity index (χ0) is 17.7. The number of hydrogen-bond donors (Lipinski definition) is 2. The van der Waals surface area contributed by atoms with Gasteiger partial charge in [-0.15, -0.1) is 0 Å². The second-order valence-corrected chi connectivity index (χ2v) is 6.60. The number of ether oxygens (including phenoxy) is 1. The third kappa shape index (κ3) is 4.55. The molecule has 0 spiro atoms. The van der Waals surface area contributed by atoms with Crippen molar-refractivity contribution in [3.63, 3.8) is 0 Å². The highest BCUT2D eigenvalue weighted by atomic mass is 16.5. The van der Waals surface area contributed by atoms with Gasteiger partial charge in [0.25, 0.3) is 5.91 Å². The van der Waals surface area contributed by atoms with E-state index in [2.05, 4.69) is 5.32 Å². The van der Waals surface area contributed by atoms with Gasteiger partial charge in [-0.1, -0.05) is 13.8 Å². The van der Waals surface area contributed by atoms with Crippen molar-refractivity contribution in [2.75, 3.05) is 25.6 Å². The van der Waals surface area contributed by atoms with Gasteiger partial charge in [-0.2, -0.15) is 0 Å². The first kappa shape index (κ1) is 18.4. The minimum absolute atomic E-state index is 0.0151. The Balaban J connectivity index is 1.98. The van der Waals surface area contributed by atoms with E-state index >= 15 is 0 Å². The predicted molar refractivity (Wildman–Crippen MR) is 93.8 cm³/mol. The summed E-state index contributed by atoms with van der Waals surface area (Å²) in [6.07, 6.45) is 1.73. The molecule has 132 valence electrons. The van der Waals surface area contributed by atoms with Crippen LogP contribution in [0.1, 0.15) is 37.0 Å². The molecule has 2 amide bonds. The van der Waals surface area contributed by atoms with Gasteiger partial charge < -0.3 is 20.7 Å². The minimum Gasteiger partial charge on any atom is -0.381 e. The van der Waals surface area contributed by atoms with E-state index in [-0.39, 0.29) is 23.8 Å². The van der Waals surface area contributed by atoms with Crippen LogP contribution in [0.3, 0.4) is 0 Å². The van der Waals surface area contributed by atoms with Crippen LogP contribution < -0.4 is 11.1 Å². The summed E-state index contributed by atoms with van der Waals surface area (Å²) in [6, 6.07) is 6.59. The lowest BCUT2D eigenvalue weighted by Crippen LogP contribution is -2.40. The second kappa shape index (κ2) is 8.26. The van der Waals surface area contributed by atoms with E-state index < -0.39 is 6.04 Å². The van der Waals surface area contributed by atoms with Crippen LogP contribution >= 0.6 is 0 Å². The molecule has 0 bridgehead atoms. The topological polar surface area (TPSA) is 84.7 Å². The van der Waals surface area contributed by atoms with E-state index in [1.54, 1.807) is 29.2 Å². The average Bonchev–Trinajstić information content (AvgIpc) is 2.61. The fraction of sp³-hybridized carbons (Fsp3) is 0.556. The Morgan fingerprint density at radius 2 is 1.79 bits per heavy atom. The van der Waals surface area contributed by atoms with E-state index in [9.17, 15) is 9.59 Å². The van der Waals surface area contributed by atoms with Gasteiger partial charge in [0.15, 0.2) is 0 Å². The van der Waals surface area contributed by atoms with E-state index in [0.29, 0.717) is 24.5 Å². The van der Waals surface area contributed by atoms with Crippen LogP contribution in [0.2, 0.25) is 0 Å². The number of benzene rings is 1. The van der Waals surface area contributed by atoms with Crippen LogP contribution in [0.4, 0.5) is 5.69 Å². The summed E-state index contributed by atoms with van der Waals surface area (Å²) in [5.74, 6) is -0.166. The fourth-order valence-electron chi connectivity index (χ4n) is 2.67. The molecule has 1 aromatic carbocycles. The number of nitrogens with one attached hydrogen (secondary N) is 1. The standard InChI is InChI=1S/C18H27N3O3/c1-12(2)16(19)17(22)20-14-6-4-13(5-7-14)18(23)21(3)15-8-10-24-11-9-15/h4-7,12,15-16H,8-11,19H2,1-3H3,(H,20,22)/t16-/m1/s1. The van der Waals surface area contributed by atoms with Crippen molar-refractivity contribution < 1.29 is 14.3 Å². The molecule has 1 aromatic rings. The molecule has 24 heavy (non-hydrogen) atoms. The molecule has 3 N–H and O–H groups in total. The van der Waals surface area contributed by atoms with Crippen molar-refractivity contribution in [3.8, 4) is 0 Å². The third-order valence-electron chi connectivity index (χ3n) is 4.48. The van der Waals surface area contributed by atoms with Crippen molar-refractivity contribution in [2.45, 2.75) is 38.8 Å². The van der Waals surface area contributed by atoms with Gasteiger partial charge in [0.1, 0.15) is 0 Å². The van der Waals surface area contributed by atoms with Gasteiger partial charge >= 0.3 is 0 Å². The van der Waals surface area contributed by atoms with E-state index in [1.807, 2.05) is 20.9 Å². The van der Waals surface area contributed by atoms with Crippen molar-refractivity contribution in [2.24, 2.45) is 11.7 Å². The lowest BCUT2D eigenvalue weighted by atomic mass is 10.0. The molecule has 1 heterocycles. The van der Waals surface area contributed by atoms with Gasteiger partial charge in [0.2, 0.25) is 5.91 Å². The summed E-state index contributed by atoms with van der Waals surface area (Å²) < 4.78 is 5.34. The molecule has 0 unspecified atom stereocenters. The van der Waals surface area contributed by atoms with Crippen LogP contribution in [0.25, 0.3) is 0 Å². The molecule has 1 aliphatic rings. The molecule has 6 nitrogen and oxygen atoms in total. The summed E-state index contributed by atoms with van der Waals surface area (Å²) in [5, 5.41) is 2.78. The van der Waals surface area contributed by atoms with Crippen LogP contribution in [0, 0.1) is 5.92 Å². The Morgan fingerprint density at radius 1 is 1.21 bits per heavy atom. The van der Waals surface area contributed by atoms with Crippen molar-refractivity contribution in [1.82, 2.24) is 4.90 Å². The molecule has 0 aliphatic carbocycles. The normalized spacial score (nSPS) is 16.7. The number of rotatable bonds is 5. The summed E-state index contributed by atoms with van der Waals surface area (Å²) in [4.78, 5) is 26.3. The van der Waals surface area contributed by atoms with Crippen molar-refractivity contribution in [3.05, 3.63) is 29.8 Å². The number of anilines is 1. The van der Waals surface area contributed by atoms with E-state index in [1.165, 1.54) is 0 Å². The first-order chi connectivity index (χ1) is 11.4. The fourth-order valence-corrected chi connectivity index (χ4v) is 2.67. The Labute approximate surface area is 143 Å². The monoisotopic (exact) mass is 333 g/mol. The van der Waals surface area contributed by atoms with Crippen LogP contribution in [-0.2, 0) is 9.53 Å². The van der Waals surface area contributed by atoms with E-state index in [4.69, 9.17) is 10.5 Å². The Morgan fingerprint density at radius 3 is 2.33 bits per heavy atom. The van der Waals surface area contributed by atoms with Crippen molar-refractivity contribution >= 4 is 17.5 Å². The molecule has 0 aromatic heterocycles.